The zero-order valence-corrected chi connectivity index (χ0v) is 17.1. The maximum atomic E-state index is 12.6. The van der Waals surface area contributed by atoms with Crippen molar-refractivity contribution in [3.05, 3.63) is 47.1 Å². The van der Waals surface area contributed by atoms with Crippen molar-refractivity contribution >= 4 is 28.1 Å². The van der Waals surface area contributed by atoms with Crippen LogP contribution in [0.3, 0.4) is 0 Å². The van der Waals surface area contributed by atoms with E-state index in [2.05, 4.69) is 10.4 Å². The van der Waals surface area contributed by atoms with Crippen molar-refractivity contribution in [1.29, 1.82) is 0 Å². The average Bonchev–Trinajstić information content (AvgIpc) is 2.68. The van der Waals surface area contributed by atoms with Crippen LogP contribution in [0.1, 0.15) is 10.4 Å². The molecule has 0 spiro atoms. The standard InChI is InChI=1S/C18H19ClF3N3O4S/c19-14-3-1-12(2-4-14)15-9-13(10-23-17(15)29-11-18(20,21)22)16(26)24-25-5-7-30(27,28)8-6-25/h1-4,9-10,27-28H,5-8,11H2,(H,24,26). The smallest absolute Gasteiger partial charge is 0.422 e. The summed E-state index contributed by atoms with van der Waals surface area (Å²) in [6, 6.07) is 7.66. The molecule has 7 nitrogen and oxygen atoms in total. The molecule has 1 fully saturated rings. The molecular weight excluding hydrogens is 447 g/mol. The minimum atomic E-state index is -4.54. The average molecular weight is 466 g/mol. The lowest BCUT2D eigenvalue weighted by atomic mass is 10.1. The van der Waals surface area contributed by atoms with Gasteiger partial charge in [0.25, 0.3) is 5.91 Å². The molecule has 0 aliphatic carbocycles. The molecule has 0 radical (unpaired) electrons. The Kier molecular flexibility index (Phi) is 6.78. The highest BCUT2D eigenvalue weighted by atomic mass is 35.5. The van der Waals surface area contributed by atoms with Gasteiger partial charge in [-0.25, -0.2) is 9.99 Å². The number of rotatable bonds is 5. The monoisotopic (exact) mass is 465 g/mol. The highest BCUT2D eigenvalue weighted by Gasteiger charge is 2.29. The molecule has 1 aliphatic rings. The highest BCUT2D eigenvalue weighted by Crippen LogP contribution is 2.39. The Hall–Kier alpha value is -2.05. The van der Waals surface area contributed by atoms with Gasteiger partial charge in [0.2, 0.25) is 5.88 Å². The van der Waals surface area contributed by atoms with E-state index < -0.39 is 29.3 Å². The molecule has 1 aromatic heterocycles. The van der Waals surface area contributed by atoms with Crippen molar-refractivity contribution in [2.45, 2.75) is 6.18 Å². The molecule has 0 bridgehead atoms. The van der Waals surface area contributed by atoms with Crippen LogP contribution in [-0.4, -0.2) is 62.4 Å². The maximum Gasteiger partial charge on any atom is 0.422 e. The SMILES string of the molecule is O=C(NN1CCS(O)(O)CC1)c1cnc(OCC(F)(F)F)c(-c2ccc(Cl)cc2)c1. The molecule has 3 rings (SSSR count). The third kappa shape index (κ3) is 6.22. The van der Waals surface area contributed by atoms with Gasteiger partial charge in [-0.05, 0) is 23.8 Å². The summed E-state index contributed by atoms with van der Waals surface area (Å²) in [6.07, 6.45) is -3.42. The summed E-state index contributed by atoms with van der Waals surface area (Å²) in [5.41, 5.74) is 3.43. The lowest BCUT2D eigenvalue weighted by Crippen LogP contribution is -2.49. The van der Waals surface area contributed by atoms with Crippen molar-refractivity contribution in [2.75, 3.05) is 31.2 Å². The summed E-state index contributed by atoms with van der Waals surface area (Å²) >= 11 is 5.87. The molecule has 0 saturated carbocycles. The summed E-state index contributed by atoms with van der Waals surface area (Å²) in [4.78, 5) is 16.5. The Bertz CT molecular complexity index is 903. The summed E-state index contributed by atoms with van der Waals surface area (Å²) in [5, 5.41) is 1.99. The molecule has 1 saturated heterocycles. The second-order valence-corrected chi connectivity index (χ2v) is 9.48. The van der Waals surface area contributed by atoms with Gasteiger partial charge in [0.05, 0.1) is 17.1 Å². The Labute approximate surface area is 177 Å². The molecular formula is C18H19ClF3N3O4S. The Balaban J connectivity index is 1.82. The van der Waals surface area contributed by atoms with Crippen LogP contribution in [0.2, 0.25) is 5.02 Å². The van der Waals surface area contributed by atoms with E-state index >= 15 is 0 Å². The van der Waals surface area contributed by atoms with Crippen LogP contribution in [0.5, 0.6) is 5.88 Å². The summed E-state index contributed by atoms with van der Waals surface area (Å²) in [5.74, 6) is -0.506. The van der Waals surface area contributed by atoms with E-state index in [9.17, 15) is 27.1 Å². The van der Waals surface area contributed by atoms with Gasteiger partial charge in [0.1, 0.15) is 0 Å². The van der Waals surface area contributed by atoms with Crippen LogP contribution in [-0.2, 0) is 0 Å². The predicted octanol–water partition coefficient (Wildman–Crippen LogP) is 4.05. The summed E-state index contributed by atoms with van der Waals surface area (Å²) < 4.78 is 61.9. The van der Waals surface area contributed by atoms with Crippen LogP contribution in [0.4, 0.5) is 13.2 Å². The fourth-order valence-electron chi connectivity index (χ4n) is 2.72. The predicted molar refractivity (Wildman–Crippen MR) is 108 cm³/mol. The quantitative estimate of drug-likeness (QED) is 0.616. The number of amides is 1. The molecule has 1 aliphatic heterocycles. The van der Waals surface area contributed by atoms with Gasteiger partial charge in [0, 0.05) is 29.9 Å². The second-order valence-electron chi connectivity index (χ2n) is 6.63. The first-order valence-corrected chi connectivity index (χ1v) is 11.0. The molecule has 2 heterocycles. The molecule has 0 unspecified atom stereocenters. The second kappa shape index (κ2) is 8.98. The third-order valence-corrected chi connectivity index (χ3v) is 6.20. The van der Waals surface area contributed by atoms with E-state index in [1.165, 1.54) is 6.07 Å². The van der Waals surface area contributed by atoms with Crippen molar-refractivity contribution in [2.24, 2.45) is 0 Å². The number of benzene rings is 1. The van der Waals surface area contributed by atoms with Gasteiger partial charge < -0.3 is 4.74 Å². The van der Waals surface area contributed by atoms with Crippen molar-refractivity contribution in [3.8, 4) is 17.0 Å². The lowest BCUT2D eigenvalue weighted by molar-refractivity contribution is -0.154. The minimum absolute atomic E-state index is 0.108. The number of aromatic nitrogens is 1. The number of nitrogens with zero attached hydrogens (tertiary/aromatic N) is 2. The van der Waals surface area contributed by atoms with Crippen molar-refractivity contribution < 1.29 is 31.8 Å². The van der Waals surface area contributed by atoms with Crippen LogP contribution >= 0.6 is 22.2 Å². The third-order valence-electron chi connectivity index (χ3n) is 4.28. The van der Waals surface area contributed by atoms with Gasteiger partial charge in [-0.2, -0.15) is 23.8 Å². The number of hydrogen-bond acceptors (Lipinski definition) is 6. The largest absolute Gasteiger partial charge is 0.468 e. The van der Waals surface area contributed by atoms with E-state index in [-0.39, 0.29) is 41.6 Å². The van der Waals surface area contributed by atoms with Gasteiger partial charge in [-0.3, -0.25) is 19.3 Å². The number of halogens is 4. The number of ether oxygens (including phenoxy) is 1. The minimum Gasteiger partial charge on any atom is -0.468 e. The Morgan fingerprint density at radius 2 is 1.87 bits per heavy atom. The van der Waals surface area contributed by atoms with Crippen LogP contribution < -0.4 is 10.2 Å². The normalized spacial score (nSPS) is 17.9. The van der Waals surface area contributed by atoms with Gasteiger partial charge >= 0.3 is 6.18 Å². The first-order valence-electron chi connectivity index (χ1n) is 8.77. The zero-order chi connectivity index (χ0) is 21.9. The number of carbonyl (C=O) groups is 1. The first-order chi connectivity index (χ1) is 14.0. The molecule has 2 aromatic rings. The molecule has 1 aromatic carbocycles. The maximum absolute atomic E-state index is 12.6. The number of hydrazine groups is 1. The topological polar surface area (TPSA) is 94.9 Å². The van der Waals surface area contributed by atoms with Gasteiger partial charge in [0.15, 0.2) is 6.61 Å². The van der Waals surface area contributed by atoms with Crippen LogP contribution in [0.15, 0.2) is 36.5 Å². The number of hydrogen-bond donors (Lipinski definition) is 3. The Morgan fingerprint density at radius 3 is 2.47 bits per heavy atom. The van der Waals surface area contributed by atoms with E-state index in [1.807, 2.05) is 0 Å². The van der Waals surface area contributed by atoms with E-state index in [0.29, 0.717) is 10.6 Å². The number of pyridine rings is 1. The fraction of sp³-hybridized carbons (Fsp3) is 0.333. The lowest BCUT2D eigenvalue weighted by Gasteiger charge is -2.40. The Morgan fingerprint density at radius 1 is 1.23 bits per heavy atom. The zero-order valence-electron chi connectivity index (χ0n) is 15.5. The fourth-order valence-corrected chi connectivity index (χ4v) is 4.08. The first kappa shape index (κ1) is 22.6. The molecule has 12 heteroatoms. The highest BCUT2D eigenvalue weighted by molar-refractivity contribution is 8.24. The van der Waals surface area contributed by atoms with Crippen molar-refractivity contribution in [3.63, 3.8) is 0 Å². The number of alkyl halides is 3. The number of carbonyl (C=O) groups excluding carboxylic acids is 1. The van der Waals surface area contributed by atoms with E-state index in [1.54, 1.807) is 29.3 Å². The van der Waals surface area contributed by atoms with Crippen LogP contribution in [0, 0.1) is 0 Å². The number of nitrogens with one attached hydrogen (secondary N) is 1. The van der Waals surface area contributed by atoms with Gasteiger partial charge in [-0.15, -0.1) is 0 Å². The van der Waals surface area contributed by atoms with E-state index in [0.717, 1.165) is 6.20 Å². The molecule has 1 amide bonds. The summed E-state index contributed by atoms with van der Waals surface area (Å²) in [7, 11) is -2.61. The van der Waals surface area contributed by atoms with Crippen LogP contribution in [0.25, 0.3) is 11.1 Å². The van der Waals surface area contributed by atoms with Crippen molar-refractivity contribution in [1.82, 2.24) is 15.4 Å². The molecule has 3 N–H and O–H groups in total. The molecule has 0 atom stereocenters. The van der Waals surface area contributed by atoms with Gasteiger partial charge in [-0.1, -0.05) is 23.7 Å². The van der Waals surface area contributed by atoms with E-state index in [4.69, 9.17) is 16.3 Å². The summed E-state index contributed by atoms with van der Waals surface area (Å²) in [6.45, 7) is -0.997. The molecule has 164 valence electrons. The molecule has 30 heavy (non-hydrogen) atoms.